The lowest BCUT2D eigenvalue weighted by molar-refractivity contribution is 0.101. The predicted molar refractivity (Wildman–Crippen MR) is 96.4 cm³/mol. The first-order valence-corrected chi connectivity index (χ1v) is 9.68. The maximum absolute atomic E-state index is 13.4. The fourth-order valence-corrected chi connectivity index (χ4v) is 4.82. The minimum atomic E-state index is -3.64. The molecular weight excluding hydrogens is 381 g/mol. The number of halogens is 2. The summed E-state index contributed by atoms with van der Waals surface area (Å²) in [5.41, 5.74) is -0.0744. The van der Waals surface area contributed by atoms with Crippen molar-refractivity contribution in [2.75, 3.05) is 11.1 Å². The summed E-state index contributed by atoms with van der Waals surface area (Å²) in [7, 11) is -2.14. The van der Waals surface area contributed by atoms with Crippen LogP contribution in [0.1, 0.15) is 29.9 Å². The lowest BCUT2D eigenvalue weighted by Gasteiger charge is -2.08. The molecule has 0 fully saturated rings. The second-order valence-corrected chi connectivity index (χ2v) is 8.58. The van der Waals surface area contributed by atoms with Gasteiger partial charge in [0.1, 0.15) is 22.5 Å². The van der Waals surface area contributed by atoms with E-state index in [0.29, 0.717) is 0 Å². The van der Waals surface area contributed by atoms with Gasteiger partial charge in [-0.2, -0.15) is 5.26 Å². The van der Waals surface area contributed by atoms with Crippen molar-refractivity contribution >= 4 is 33.0 Å². The van der Waals surface area contributed by atoms with Crippen LogP contribution in [0.25, 0.3) is 0 Å². The van der Waals surface area contributed by atoms with Crippen molar-refractivity contribution in [2.24, 2.45) is 13.0 Å². The number of carbonyl (C=O) groups is 1. The molecule has 1 N–H and O–H groups in total. The minimum Gasteiger partial charge on any atom is -0.344 e. The summed E-state index contributed by atoms with van der Waals surface area (Å²) in [5.74, 6) is -1.57. The Balaban J connectivity index is 2.38. The number of aryl methyl sites for hydroxylation is 1. The Morgan fingerprint density at radius 3 is 2.65 bits per heavy atom. The highest BCUT2D eigenvalue weighted by molar-refractivity contribution is 7.91. The van der Waals surface area contributed by atoms with Gasteiger partial charge in [-0.3, -0.25) is 4.79 Å². The van der Waals surface area contributed by atoms with E-state index < -0.39 is 21.6 Å². The van der Waals surface area contributed by atoms with Crippen molar-refractivity contribution in [3.05, 3.63) is 46.5 Å². The van der Waals surface area contributed by atoms with Crippen molar-refractivity contribution in [1.29, 1.82) is 5.26 Å². The number of nitrogens with zero attached hydrogens (tertiary/aromatic N) is 2. The first-order chi connectivity index (χ1) is 12.1. The van der Waals surface area contributed by atoms with Gasteiger partial charge in [0.2, 0.25) is 0 Å². The van der Waals surface area contributed by atoms with Crippen LogP contribution in [0.4, 0.5) is 10.1 Å². The average Bonchev–Trinajstić information content (AvgIpc) is 2.83. The molecule has 0 saturated heterocycles. The Kier molecular flexibility index (Phi) is 5.74. The predicted octanol–water partition coefficient (Wildman–Crippen LogP) is 3.37. The lowest BCUT2D eigenvalue weighted by Crippen LogP contribution is -2.16. The van der Waals surface area contributed by atoms with E-state index in [2.05, 4.69) is 5.32 Å². The molecule has 2 aromatic rings. The Morgan fingerprint density at radius 2 is 2.08 bits per heavy atom. The van der Waals surface area contributed by atoms with Gasteiger partial charge in [0, 0.05) is 18.9 Å². The Labute approximate surface area is 156 Å². The molecule has 6 nitrogen and oxygen atoms in total. The summed E-state index contributed by atoms with van der Waals surface area (Å²) < 4.78 is 39.5. The maximum atomic E-state index is 13.4. The molecule has 0 aliphatic carbocycles. The first kappa shape index (κ1) is 19.9. The second-order valence-electron chi connectivity index (χ2n) is 6.20. The molecule has 9 heteroatoms. The minimum absolute atomic E-state index is 0.0446. The average molecular weight is 398 g/mol. The van der Waals surface area contributed by atoms with Gasteiger partial charge in [-0.15, -0.1) is 0 Å². The number of nitrogens with one attached hydrogen (secondary N) is 1. The number of nitriles is 1. The summed E-state index contributed by atoms with van der Waals surface area (Å²) in [6, 6.07) is 5.21. The molecule has 0 saturated carbocycles. The highest BCUT2D eigenvalue weighted by atomic mass is 35.5. The molecule has 0 bridgehead atoms. The van der Waals surface area contributed by atoms with E-state index >= 15 is 0 Å². The number of sulfone groups is 1. The van der Waals surface area contributed by atoms with Crippen LogP contribution in [0.2, 0.25) is 5.02 Å². The second kappa shape index (κ2) is 7.48. The zero-order valence-corrected chi connectivity index (χ0v) is 15.9. The molecular formula is C17H17ClFN3O3S. The summed E-state index contributed by atoms with van der Waals surface area (Å²) in [6.07, 6.45) is 1.29. The number of rotatable bonds is 5. The Morgan fingerprint density at radius 1 is 1.42 bits per heavy atom. The zero-order valence-electron chi connectivity index (χ0n) is 14.4. The van der Waals surface area contributed by atoms with Crippen LogP contribution in [-0.4, -0.2) is 24.6 Å². The Bertz CT molecular complexity index is 1010. The molecule has 0 spiro atoms. The number of amides is 1. The topological polar surface area (TPSA) is 92.0 Å². The number of hydrogen-bond donors (Lipinski definition) is 1. The summed E-state index contributed by atoms with van der Waals surface area (Å²) in [6.45, 7) is 3.53. The monoisotopic (exact) mass is 397 g/mol. The number of aromatic nitrogens is 1. The van der Waals surface area contributed by atoms with Crippen LogP contribution < -0.4 is 5.32 Å². The van der Waals surface area contributed by atoms with Crippen LogP contribution in [0, 0.1) is 23.1 Å². The summed E-state index contributed by atoms with van der Waals surface area (Å²) in [5, 5.41) is 11.2. The fourth-order valence-electron chi connectivity index (χ4n) is 2.45. The molecule has 0 radical (unpaired) electrons. The molecule has 2 rings (SSSR count). The van der Waals surface area contributed by atoms with E-state index in [4.69, 9.17) is 16.9 Å². The van der Waals surface area contributed by atoms with E-state index in [0.717, 1.165) is 6.07 Å². The van der Waals surface area contributed by atoms with Crippen molar-refractivity contribution < 1.29 is 17.6 Å². The fraction of sp³-hybridized carbons (Fsp3) is 0.294. The number of anilines is 1. The van der Waals surface area contributed by atoms with E-state index in [1.165, 1.54) is 29.9 Å². The number of hydrogen-bond acceptors (Lipinski definition) is 4. The van der Waals surface area contributed by atoms with Gasteiger partial charge in [0.05, 0.1) is 16.3 Å². The first-order valence-electron chi connectivity index (χ1n) is 7.65. The largest absolute Gasteiger partial charge is 0.344 e. The molecule has 1 aromatic heterocycles. The van der Waals surface area contributed by atoms with E-state index in [1.807, 2.05) is 0 Å². The molecule has 1 heterocycles. The molecule has 1 aromatic carbocycles. The highest BCUT2D eigenvalue weighted by Gasteiger charge is 2.27. The Hall–Kier alpha value is -2.37. The standard InChI is InChI=1S/C17H17ClFN3O3S/c1-10(2)9-26(24,25)14-8-22(3)16(15(14)18)17(23)21-12-4-5-13(19)11(6-12)7-20/h4-6,8,10H,9H2,1-3H3,(H,21,23). The molecule has 0 aliphatic rings. The van der Waals surface area contributed by atoms with Crippen LogP contribution in [0.5, 0.6) is 0 Å². The van der Waals surface area contributed by atoms with Gasteiger partial charge >= 0.3 is 0 Å². The van der Waals surface area contributed by atoms with Crippen LogP contribution in [-0.2, 0) is 16.9 Å². The molecule has 1 amide bonds. The van der Waals surface area contributed by atoms with Crippen molar-refractivity contribution in [1.82, 2.24) is 4.57 Å². The third-order valence-corrected chi connectivity index (χ3v) is 6.12. The van der Waals surface area contributed by atoms with Crippen molar-refractivity contribution in [3.63, 3.8) is 0 Å². The number of benzene rings is 1. The number of carbonyl (C=O) groups excluding carboxylic acids is 1. The van der Waals surface area contributed by atoms with Crippen molar-refractivity contribution in [3.8, 4) is 6.07 Å². The zero-order chi connectivity index (χ0) is 19.6. The SMILES string of the molecule is CC(C)CS(=O)(=O)c1cn(C)c(C(=O)Nc2ccc(F)c(C#N)c2)c1Cl. The van der Waals surface area contributed by atoms with E-state index in [1.54, 1.807) is 19.9 Å². The highest BCUT2D eigenvalue weighted by Crippen LogP contribution is 2.29. The summed E-state index contributed by atoms with van der Waals surface area (Å²) >= 11 is 6.17. The van der Waals surface area contributed by atoms with Gasteiger partial charge < -0.3 is 9.88 Å². The van der Waals surface area contributed by atoms with Gasteiger partial charge in [0.25, 0.3) is 5.91 Å². The lowest BCUT2D eigenvalue weighted by atomic mass is 10.2. The normalized spacial score (nSPS) is 11.4. The third-order valence-electron chi connectivity index (χ3n) is 3.54. The third kappa shape index (κ3) is 4.06. The summed E-state index contributed by atoms with van der Waals surface area (Å²) in [4.78, 5) is 12.4. The van der Waals surface area contributed by atoms with Gasteiger partial charge in [-0.05, 0) is 24.1 Å². The molecule has 0 aliphatic heterocycles. The van der Waals surface area contributed by atoms with E-state index in [-0.39, 0.29) is 38.5 Å². The van der Waals surface area contributed by atoms with Crippen LogP contribution in [0.3, 0.4) is 0 Å². The maximum Gasteiger partial charge on any atom is 0.273 e. The molecule has 0 atom stereocenters. The molecule has 138 valence electrons. The van der Waals surface area contributed by atoms with Gasteiger partial charge in [0.15, 0.2) is 9.84 Å². The quantitative estimate of drug-likeness (QED) is 0.837. The van der Waals surface area contributed by atoms with Gasteiger partial charge in [-0.25, -0.2) is 12.8 Å². The van der Waals surface area contributed by atoms with Crippen LogP contribution >= 0.6 is 11.6 Å². The van der Waals surface area contributed by atoms with Crippen molar-refractivity contribution in [2.45, 2.75) is 18.7 Å². The van der Waals surface area contributed by atoms with E-state index in [9.17, 15) is 17.6 Å². The van der Waals surface area contributed by atoms with Crippen LogP contribution in [0.15, 0.2) is 29.3 Å². The molecule has 0 unspecified atom stereocenters. The van der Waals surface area contributed by atoms with Gasteiger partial charge in [-0.1, -0.05) is 25.4 Å². The smallest absolute Gasteiger partial charge is 0.273 e. The molecule has 26 heavy (non-hydrogen) atoms.